The Kier molecular flexibility index (Phi) is 7.48. The van der Waals surface area contributed by atoms with Crippen LogP contribution < -0.4 is 20.1 Å². The lowest BCUT2D eigenvalue weighted by molar-refractivity contribution is -0.0110. The molecule has 0 bridgehead atoms. The number of hydrogen-bond acceptors (Lipinski definition) is 5. The molecule has 0 unspecified atom stereocenters. The molecule has 1 aliphatic rings. The fourth-order valence-electron chi connectivity index (χ4n) is 2.35. The number of urea groups is 1. The van der Waals surface area contributed by atoms with Crippen LogP contribution in [0.2, 0.25) is 0 Å². The van der Waals surface area contributed by atoms with Crippen molar-refractivity contribution in [2.75, 3.05) is 37.9 Å². The van der Waals surface area contributed by atoms with Crippen LogP contribution in [-0.4, -0.2) is 53.1 Å². The average Bonchev–Trinajstić information content (AvgIpc) is 2.58. The zero-order valence-corrected chi connectivity index (χ0v) is 15.1. The fourth-order valence-corrected chi connectivity index (χ4v) is 2.82. The lowest BCUT2D eigenvalue weighted by Crippen LogP contribution is -2.36. The molecule has 140 valence electrons. The molecular formula is C16H25N3O5S. The summed E-state index contributed by atoms with van der Waals surface area (Å²) in [5.74, 6) is 0.720. The quantitative estimate of drug-likeness (QED) is 0.598. The number of carbonyl (C=O) groups is 1. The van der Waals surface area contributed by atoms with Gasteiger partial charge in [0, 0.05) is 25.4 Å². The van der Waals surface area contributed by atoms with Crippen molar-refractivity contribution in [3.05, 3.63) is 24.3 Å². The first-order valence-corrected chi connectivity index (χ1v) is 10.2. The lowest BCUT2D eigenvalue weighted by atomic mass is 10.1. The highest BCUT2D eigenvalue weighted by Crippen LogP contribution is 2.18. The highest BCUT2D eigenvalue weighted by atomic mass is 32.2. The third-order valence-electron chi connectivity index (χ3n) is 3.60. The van der Waals surface area contributed by atoms with Gasteiger partial charge >= 0.3 is 6.03 Å². The number of hydrogen-bond donors (Lipinski definition) is 3. The van der Waals surface area contributed by atoms with E-state index in [1.807, 2.05) is 0 Å². The smallest absolute Gasteiger partial charge is 0.319 e. The van der Waals surface area contributed by atoms with E-state index in [1.54, 1.807) is 24.3 Å². The molecule has 25 heavy (non-hydrogen) atoms. The summed E-state index contributed by atoms with van der Waals surface area (Å²) < 4.78 is 35.4. The average molecular weight is 371 g/mol. The van der Waals surface area contributed by atoms with E-state index in [1.165, 1.54) is 6.42 Å². The summed E-state index contributed by atoms with van der Waals surface area (Å²) in [4.78, 5) is 11.7. The topological polar surface area (TPSA) is 106 Å². The number of ether oxygens (including phenoxy) is 2. The van der Waals surface area contributed by atoms with Gasteiger partial charge in [-0.1, -0.05) is 0 Å². The molecule has 1 aliphatic heterocycles. The van der Waals surface area contributed by atoms with E-state index >= 15 is 0 Å². The van der Waals surface area contributed by atoms with Crippen molar-refractivity contribution in [3.63, 3.8) is 0 Å². The number of benzene rings is 1. The molecule has 0 saturated carbocycles. The van der Waals surface area contributed by atoms with Gasteiger partial charge in [-0.15, -0.1) is 0 Å². The predicted octanol–water partition coefficient (Wildman–Crippen LogP) is 1.31. The summed E-state index contributed by atoms with van der Waals surface area (Å²) in [6.45, 7) is 1.66. The van der Waals surface area contributed by atoms with Crippen molar-refractivity contribution in [2.45, 2.75) is 25.4 Å². The number of sulfonamides is 1. The van der Waals surface area contributed by atoms with Gasteiger partial charge in [-0.05, 0) is 43.5 Å². The maximum atomic E-state index is 11.7. The van der Waals surface area contributed by atoms with Crippen molar-refractivity contribution in [1.82, 2.24) is 10.0 Å². The maximum Gasteiger partial charge on any atom is 0.319 e. The third-order valence-corrected chi connectivity index (χ3v) is 4.33. The Balaban J connectivity index is 1.67. The molecule has 3 N–H and O–H groups in total. The zero-order chi connectivity index (χ0) is 18.1. The van der Waals surface area contributed by atoms with Crippen molar-refractivity contribution >= 4 is 21.7 Å². The van der Waals surface area contributed by atoms with E-state index in [9.17, 15) is 13.2 Å². The highest BCUT2D eigenvalue weighted by molar-refractivity contribution is 7.88. The van der Waals surface area contributed by atoms with Crippen LogP contribution in [0.5, 0.6) is 5.75 Å². The fraction of sp³-hybridized carbons (Fsp3) is 0.562. The number of anilines is 1. The minimum atomic E-state index is -3.24. The first-order chi connectivity index (χ1) is 11.9. The molecular weight excluding hydrogens is 346 g/mol. The Bertz CT molecular complexity index is 642. The second-order valence-corrected chi connectivity index (χ2v) is 7.70. The molecule has 0 spiro atoms. The van der Waals surface area contributed by atoms with Gasteiger partial charge in [-0.2, -0.15) is 0 Å². The second kappa shape index (κ2) is 9.59. The number of nitrogens with one attached hydrogen (secondary N) is 3. The molecule has 1 saturated heterocycles. The maximum absolute atomic E-state index is 11.7. The Morgan fingerprint density at radius 1 is 1.24 bits per heavy atom. The van der Waals surface area contributed by atoms with Gasteiger partial charge in [0.25, 0.3) is 0 Å². The predicted molar refractivity (Wildman–Crippen MR) is 95.4 cm³/mol. The molecule has 1 fully saturated rings. The van der Waals surface area contributed by atoms with Crippen LogP contribution in [-0.2, 0) is 14.8 Å². The van der Waals surface area contributed by atoms with Crippen molar-refractivity contribution in [2.24, 2.45) is 0 Å². The minimum Gasteiger partial charge on any atom is -0.491 e. The SMILES string of the molecule is CS(=O)(=O)NCCNC(=O)Nc1ccc(OC[C@@H]2CCCCO2)cc1. The molecule has 8 nitrogen and oxygen atoms in total. The van der Waals surface area contributed by atoms with Crippen molar-refractivity contribution < 1.29 is 22.7 Å². The van der Waals surface area contributed by atoms with E-state index in [4.69, 9.17) is 9.47 Å². The first-order valence-electron chi connectivity index (χ1n) is 8.26. The van der Waals surface area contributed by atoms with Crippen molar-refractivity contribution in [1.29, 1.82) is 0 Å². The lowest BCUT2D eigenvalue weighted by Gasteiger charge is -2.22. The monoisotopic (exact) mass is 371 g/mol. The van der Waals surface area contributed by atoms with E-state index in [0.717, 1.165) is 31.5 Å². The molecule has 0 aliphatic carbocycles. The van der Waals surface area contributed by atoms with Gasteiger partial charge in [0.2, 0.25) is 10.0 Å². The van der Waals surface area contributed by atoms with E-state index < -0.39 is 16.1 Å². The largest absolute Gasteiger partial charge is 0.491 e. The van der Waals surface area contributed by atoms with Gasteiger partial charge in [0.15, 0.2) is 0 Å². The number of carbonyl (C=O) groups excluding carboxylic acids is 1. The Morgan fingerprint density at radius 3 is 2.64 bits per heavy atom. The van der Waals surface area contributed by atoms with Crippen LogP contribution in [0.15, 0.2) is 24.3 Å². The number of rotatable bonds is 8. The summed E-state index contributed by atoms with van der Waals surface area (Å²) >= 11 is 0. The highest BCUT2D eigenvalue weighted by Gasteiger charge is 2.14. The van der Waals surface area contributed by atoms with Gasteiger partial charge in [0.1, 0.15) is 12.4 Å². The Labute approximate surface area is 148 Å². The van der Waals surface area contributed by atoms with Crippen LogP contribution >= 0.6 is 0 Å². The normalized spacial score (nSPS) is 17.7. The summed E-state index contributed by atoms with van der Waals surface area (Å²) in [5, 5.41) is 5.23. The molecule has 1 aromatic rings. The molecule has 2 amide bonds. The summed E-state index contributed by atoms with van der Waals surface area (Å²) in [7, 11) is -3.24. The third kappa shape index (κ3) is 8.19. The molecule has 0 aromatic heterocycles. The molecule has 1 atom stereocenters. The molecule has 2 rings (SSSR count). The van der Waals surface area contributed by atoms with Crippen LogP contribution in [0.4, 0.5) is 10.5 Å². The molecule has 1 aromatic carbocycles. The van der Waals surface area contributed by atoms with Crippen LogP contribution in [0.25, 0.3) is 0 Å². The number of amides is 2. The van der Waals surface area contributed by atoms with Gasteiger partial charge in [-0.25, -0.2) is 17.9 Å². The van der Waals surface area contributed by atoms with E-state index in [0.29, 0.717) is 12.3 Å². The van der Waals surface area contributed by atoms with Gasteiger partial charge < -0.3 is 20.1 Å². The van der Waals surface area contributed by atoms with Crippen LogP contribution in [0.1, 0.15) is 19.3 Å². The molecule has 1 heterocycles. The van der Waals surface area contributed by atoms with Crippen LogP contribution in [0.3, 0.4) is 0 Å². The van der Waals surface area contributed by atoms with E-state index in [-0.39, 0.29) is 19.2 Å². The molecule has 9 heteroatoms. The summed E-state index contributed by atoms with van der Waals surface area (Å²) in [6, 6.07) is 6.64. The standard InChI is InChI=1S/C16H25N3O5S/c1-25(21,22)18-10-9-17-16(20)19-13-5-7-14(8-6-13)24-12-15-4-2-3-11-23-15/h5-8,15,18H,2-4,9-12H2,1H3,(H2,17,19,20)/t15-/m0/s1. The van der Waals surface area contributed by atoms with Crippen LogP contribution in [0, 0.1) is 0 Å². The van der Waals surface area contributed by atoms with Gasteiger partial charge in [0.05, 0.1) is 12.4 Å². The second-order valence-electron chi connectivity index (χ2n) is 5.87. The summed E-state index contributed by atoms with van der Waals surface area (Å²) in [5.41, 5.74) is 0.620. The van der Waals surface area contributed by atoms with Gasteiger partial charge in [-0.3, -0.25) is 0 Å². The Hall–Kier alpha value is -1.84. The Morgan fingerprint density at radius 2 is 2.00 bits per heavy atom. The van der Waals surface area contributed by atoms with Crippen molar-refractivity contribution in [3.8, 4) is 5.75 Å². The summed E-state index contributed by atoms with van der Waals surface area (Å²) in [6.07, 6.45) is 4.53. The molecule has 0 radical (unpaired) electrons. The minimum absolute atomic E-state index is 0.141. The first kappa shape index (κ1) is 19.5. The zero-order valence-electron chi connectivity index (χ0n) is 14.3. The van der Waals surface area contributed by atoms with E-state index in [2.05, 4.69) is 15.4 Å².